The zero-order valence-electron chi connectivity index (χ0n) is 11.8. The summed E-state index contributed by atoms with van der Waals surface area (Å²) in [4.78, 5) is 2.56. The molecule has 0 aromatic carbocycles. The van der Waals surface area contributed by atoms with Gasteiger partial charge in [0, 0.05) is 12.6 Å². The van der Waals surface area contributed by atoms with Gasteiger partial charge in [0.25, 0.3) is 0 Å². The average Bonchev–Trinajstić information content (AvgIpc) is 2.32. The van der Waals surface area contributed by atoms with E-state index < -0.39 is 5.60 Å². The molecule has 3 unspecified atom stereocenters. The molecule has 3 heteroatoms. The minimum absolute atomic E-state index is 0.385. The van der Waals surface area contributed by atoms with Gasteiger partial charge in [0.1, 0.15) is 0 Å². The first-order valence-corrected chi connectivity index (χ1v) is 7.17. The molecular weight excluding hydrogens is 212 g/mol. The molecule has 1 saturated heterocycles. The molecule has 3 nitrogen and oxygen atoms in total. The summed E-state index contributed by atoms with van der Waals surface area (Å²) < 4.78 is 0. The van der Waals surface area contributed by atoms with Gasteiger partial charge in [-0.25, -0.2) is 0 Å². The van der Waals surface area contributed by atoms with Crippen LogP contribution in [0.3, 0.4) is 0 Å². The highest BCUT2D eigenvalue weighted by Crippen LogP contribution is 2.23. The lowest BCUT2D eigenvalue weighted by Crippen LogP contribution is -2.42. The number of rotatable bonds is 6. The van der Waals surface area contributed by atoms with Crippen LogP contribution in [0.2, 0.25) is 0 Å². The summed E-state index contributed by atoms with van der Waals surface area (Å²) in [6.07, 6.45) is 5.28. The Morgan fingerprint density at radius 2 is 2.12 bits per heavy atom. The van der Waals surface area contributed by atoms with Crippen molar-refractivity contribution in [3.63, 3.8) is 0 Å². The fourth-order valence-electron chi connectivity index (χ4n) is 2.82. The van der Waals surface area contributed by atoms with Crippen molar-refractivity contribution in [2.24, 2.45) is 11.7 Å². The highest BCUT2D eigenvalue weighted by atomic mass is 16.3. The van der Waals surface area contributed by atoms with Gasteiger partial charge in [0.05, 0.1) is 5.60 Å². The van der Waals surface area contributed by atoms with Crippen LogP contribution in [0, 0.1) is 5.92 Å². The van der Waals surface area contributed by atoms with Gasteiger partial charge in [0.15, 0.2) is 0 Å². The molecule has 1 aliphatic rings. The summed E-state index contributed by atoms with van der Waals surface area (Å²) in [6.45, 7) is 9.39. The monoisotopic (exact) mass is 242 g/mol. The first kappa shape index (κ1) is 14.9. The van der Waals surface area contributed by atoms with Gasteiger partial charge < -0.3 is 15.7 Å². The first-order valence-electron chi connectivity index (χ1n) is 7.17. The number of hydrogen-bond donors (Lipinski definition) is 2. The van der Waals surface area contributed by atoms with E-state index in [2.05, 4.69) is 18.7 Å². The van der Waals surface area contributed by atoms with Gasteiger partial charge >= 0.3 is 0 Å². The van der Waals surface area contributed by atoms with Gasteiger partial charge in [-0.3, -0.25) is 0 Å². The zero-order chi connectivity index (χ0) is 12.9. The molecule has 1 rings (SSSR count). The van der Waals surface area contributed by atoms with Gasteiger partial charge in [-0.1, -0.05) is 13.8 Å². The minimum Gasteiger partial charge on any atom is -0.389 e. The van der Waals surface area contributed by atoms with Crippen LogP contribution in [-0.2, 0) is 0 Å². The van der Waals surface area contributed by atoms with E-state index in [1.165, 1.54) is 19.4 Å². The Balaban J connectivity index is 2.26. The van der Waals surface area contributed by atoms with Crippen LogP contribution in [0.25, 0.3) is 0 Å². The number of piperidine rings is 1. The second kappa shape index (κ2) is 6.72. The number of nitrogens with two attached hydrogens (primary N) is 1. The Kier molecular flexibility index (Phi) is 5.90. The Morgan fingerprint density at radius 1 is 1.41 bits per heavy atom. The van der Waals surface area contributed by atoms with Crippen LogP contribution < -0.4 is 5.73 Å². The molecule has 0 aliphatic carbocycles. The number of nitrogens with zero attached hydrogens (tertiary/aromatic N) is 1. The molecule has 0 bridgehead atoms. The summed E-state index contributed by atoms with van der Waals surface area (Å²) >= 11 is 0. The van der Waals surface area contributed by atoms with Crippen LogP contribution >= 0.6 is 0 Å². The second-order valence-electron chi connectivity index (χ2n) is 5.90. The third-order valence-corrected chi connectivity index (χ3v) is 4.40. The maximum atomic E-state index is 10.1. The third-order valence-electron chi connectivity index (χ3n) is 4.40. The van der Waals surface area contributed by atoms with Crippen molar-refractivity contribution in [1.29, 1.82) is 0 Å². The first-order chi connectivity index (χ1) is 8.00. The smallest absolute Gasteiger partial charge is 0.0767 e. The molecule has 3 N–H and O–H groups in total. The quantitative estimate of drug-likeness (QED) is 0.749. The van der Waals surface area contributed by atoms with E-state index in [0.717, 1.165) is 31.7 Å². The molecule has 0 aromatic heterocycles. The van der Waals surface area contributed by atoms with Crippen molar-refractivity contribution in [1.82, 2.24) is 4.90 Å². The van der Waals surface area contributed by atoms with E-state index >= 15 is 0 Å². The Hall–Kier alpha value is -0.120. The third kappa shape index (κ3) is 4.57. The molecule has 0 aromatic rings. The maximum Gasteiger partial charge on any atom is 0.0767 e. The van der Waals surface area contributed by atoms with E-state index in [0.29, 0.717) is 12.6 Å². The lowest BCUT2D eigenvalue weighted by Gasteiger charge is -2.37. The fraction of sp³-hybridized carbons (Fsp3) is 1.00. The lowest BCUT2D eigenvalue weighted by molar-refractivity contribution is 0.0279. The maximum absolute atomic E-state index is 10.1. The van der Waals surface area contributed by atoms with E-state index in [1.54, 1.807) is 0 Å². The average molecular weight is 242 g/mol. The minimum atomic E-state index is -0.633. The van der Waals surface area contributed by atoms with Crippen molar-refractivity contribution in [3.8, 4) is 0 Å². The SMILES string of the molecule is CCC(O)(CN)CCCN1CCC(C)CC1C. The number of aliphatic hydroxyl groups is 1. The van der Waals surface area contributed by atoms with Crippen LogP contribution in [0.1, 0.15) is 52.9 Å². The molecule has 1 heterocycles. The molecule has 1 fully saturated rings. The van der Waals surface area contributed by atoms with Crippen molar-refractivity contribution in [2.75, 3.05) is 19.6 Å². The standard InChI is InChI=1S/C14H30N2O/c1-4-14(17,11-15)7-5-8-16-9-6-12(2)10-13(16)3/h12-13,17H,4-11,15H2,1-3H3. The van der Waals surface area contributed by atoms with E-state index in [-0.39, 0.29) is 0 Å². The zero-order valence-corrected chi connectivity index (χ0v) is 11.8. The van der Waals surface area contributed by atoms with Gasteiger partial charge in [-0.05, 0) is 58.0 Å². The van der Waals surface area contributed by atoms with Gasteiger partial charge in [0.2, 0.25) is 0 Å². The summed E-state index contributed by atoms with van der Waals surface area (Å²) in [5.41, 5.74) is 4.99. The largest absolute Gasteiger partial charge is 0.389 e. The molecule has 1 aliphatic heterocycles. The van der Waals surface area contributed by atoms with Crippen molar-refractivity contribution in [3.05, 3.63) is 0 Å². The molecule has 0 radical (unpaired) electrons. The van der Waals surface area contributed by atoms with Crippen LogP contribution in [0.5, 0.6) is 0 Å². The summed E-state index contributed by atoms with van der Waals surface area (Å²) in [5, 5.41) is 10.1. The van der Waals surface area contributed by atoms with Crippen LogP contribution in [0.15, 0.2) is 0 Å². The summed E-state index contributed by atoms with van der Waals surface area (Å²) in [5.74, 6) is 0.873. The molecule has 0 spiro atoms. The second-order valence-corrected chi connectivity index (χ2v) is 5.90. The van der Waals surface area contributed by atoms with E-state index in [4.69, 9.17) is 5.73 Å². The Labute approximate surface area is 106 Å². The molecule has 0 saturated carbocycles. The lowest BCUT2D eigenvalue weighted by atomic mass is 9.91. The molecule has 3 atom stereocenters. The Bertz CT molecular complexity index is 216. The van der Waals surface area contributed by atoms with Crippen molar-refractivity contribution >= 4 is 0 Å². The Morgan fingerprint density at radius 3 is 2.65 bits per heavy atom. The van der Waals surface area contributed by atoms with Gasteiger partial charge in [-0.2, -0.15) is 0 Å². The van der Waals surface area contributed by atoms with Gasteiger partial charge in [-0.15, -0.1) is 0 Å². The number of likely N-dealkylation sites (tertiary alicyclic amines) is 1. The predicted molar refractivity (Wildman–Crippen MR) is 73.0 cm³/mol. The summed E-state index contributed by atoms with van der Waals surface area (Å²) in [7, 11) is 0. The van der Waals surface area contributed by atoms with E-state index in [1.807, 2.05) is 6.92 Å². The number of hydrogen-bond acceptors (Lipinski definition) is 3. The molecular formula is C14H30N2O. The molecule has 0 amide bonds. The molecule has 102 valence electrons. The van der Waals surface area contributed by atoms with Crippen molar-refractivity contribution < 1.29 is 5.11 Å². The fourth-order valence-corrected chi connectivity index (χ4v) is 2.82. The topological polar surface area (TPSA) is 49.5 Å². The highest BCUT2D eigenvalue weighted by Gasteiger charge is 2.25. The van der Waals surface area contributed by atoms with Crippen LogP contribution in [-0.4, -0.2) is 41.3 Å². The molecule has 17 heavy (non-hydrogen) atoms. The van der Waals surface area contributed by atoms with E-state index in [9.17, 15) is 5.11 Å². The van der Waals surface area contributed by atoms with Crippen molar-refractivity contribution in [2.45, 2.75) is 64.5 Å². The summed E-state index contributed by atoms with van der Waals surface area (Å²) in [6, 6.07) is 0.700. The highest BCUT2D eigenvalue weighted by molar-refractivity contribution is 4.80. The van der Waals surface area contributed by atoms with Crippen LogP contribution in [0.4, 0.5) is 0 Å². The normalized spacial score (nSPS) is 30.2. The predicted octanol–water partition coefficient (Wildman–Crippen LogP) is 1.99.